The van der Waals surface area contributed by atoms with E-state index in [0.717, 1.165) is 23.9 Å². The van der Waals surface area contributed by atoms with Gasteiger partial charge in [-0.3, -0.25) is 4.79 Å². The highest BCUT2D eigenvalue weighted by Crippen LogP contribution is 2.18. The lowest BCUT2D eigenvalue weighted by Crippen LogP contribution is -2.32. The van der Waals surface area contributed by atoms with Crippen molar-refractivity contribution < 1.29 is 14.3 Å². The van der Waals surface area contributed by atoms with Crippen LogP contribution in [0.15, 0.2) is 48.5 Å². The first kappa shape index (κ1) is 19.5. The zero-order chi connectivity index (χ0) is 19.9. The van der Waals surface area contributed by atoms with Crippen LogP contribution in [0, 0.1) is 0 Å². The summed E-state index contributed by atoms with van der Waals surface area (Å²) in [5, 5.41) is 11.0. The fourth-order valence-electron chi connectivity index (χ4n) is 3.08. The molecule has 0 spiro atoms. The van der Waals surface area contributed by atoms with Crippen molar-refractivity contribution in [3.63, 3.8) is 0 Å². The van der Waals surface area contributed by atoms with Crippen LogP contribution < -0.4 is 5.32 Å². The topological polar surface area (TPSA) is 86.1 Å². The summed E-state index contributed by atoms with van der Waals surface area (Å²) in [7, 11) is 0. The van der Waals surface area contributed by atoms with Gasteiger partial charge in [0.1, 0.15) is 5.52 Å². The van der Waals surface area contributed by atoms with Gasteiger partial charge in [0.2, 0.25) is 0 Å². The molecule has 0 bridgehead atoms. The Balaban J connectivity index is 1.59. The SMILES string of the molecule is CCC[C@@H](NC(=O)COC(=O)c1ccc2c(c1)nnn2CC)c1ccccc1. The summed E-state index contributed by atoms with van der Waals surface area (Å²) >= 11 is 0. The van der Waals surface area contributed by atoms with E-state index in [1.807, 2.05) is 37.3 Å². The Morgan fingerprint density at radius 1 is 1.14 bits per heavy atom. The van der Waals surface area contributed by atoms with Crippen LogP contribution in [0.25, 0.3) is 11.0 Å². The summed E-state index contributed by atoms with van der Waals surface area (Å²) in [6, 6.07) is 14.7. The van der Waals surface area contributed by atoms with Crippen LogP contribution in [0.2, 0.25) is 0 Å². The van der Waals surface area contributed by atoms with E-state index in [4.69, 9.17) is 4.74 Å². The summed E-state index contributed by atoms with van der Waals surface area (Å²) in [4.78, 5) is 24.6. The van der Waals surface area contributed by atoms with E-state index < -0.39 is 5.97 Å². The average Bonchev–Trinajstić information content (AvgIpc) is 3.14. The number of hydrogen-bond donors (Lipinski definition) is 1. The van der Waals surface area contributed by atoms with E-state index in [2.05, 4.69) is 22.6 Å². The predicted molar refractivity (Wildman–Crippen MR) is 106 cm³/mol. The largest absolute Gasteiger partial charge is 0.452 e. The molecule has 3 rings (SSSR count). The van der Waals surface area contributed by atoms with Crippen molar-refractivity contribution in [3.8, 4) is 0 Å². The maximum atomic E-state index is 12.3. The lowest BCUT2D eigenvalue weighted by Gasteiger charge is -2.18. The first-order valence-corrected chi connectivity index (χ1v) is 9.47. The van der Waals surface area contributed by atoms with Gasteiger partial charge < -0.3 is 10.1 Å². The number of nitrogens with one attached hydrogen (secondary N) is 1. The third-order valence-corrected chi connectivity index (χ3v) is 4.50. The van der Waals surface area contributed by atoms with Crippen LogP contribution in [0.5, 0.6) is 0 Å². The molecule has 146 valence electrons. The van der Waals surface area contributed by atoms with Crippen LogP contribution >= 0.6 is 0 Å². The van der Waals surface area contributed by atoms with Gasteiger partial charge >= 0.3 is 5.97 Å². The quantitative estimate of drug-likeness (QED) is 0.606. The summed E-state index contributed by atoms with van der Waals surface area (Å²) in [5.41, 5.74) is 2.85. The zero-order valence-electron chi connectivity index (χ0n) is 16.1. The summed E-state index contributed by atoms with van der Waals surface area (Å²) in [6.45, 7) is 4.40. The monoisotopic (exact) mass is 380 g/mol. The molecule has 0 aliphatic rings. The second kappa shape index (κ2) is 9.12. The van der Waals surface area contributed by atoms with Crippen LogP contribution in [-0.2, 0) is 16.1 Å². The van der Waals surface area contributed by atoms with Crippen LogP contribution in [0.3, 0.4) is 0 Å². The number of ether oxygens (including phenoxy) is 1. The van der Waals surface area contributed by atoms with E-state index in [1.54, 1.807) is 22.9 Å². The lowest BCUT2D eigenvalue weighted by molar-refractivity contribution is -0.125. The second-order valence-corrected chi connectivity index (χ2v) is 6.50. The number of carbonyl (C=O) groups excluding carboxylic acids is 2. The number of benzene rings is 2. The Morgan fingerprint density at radius 2 is 1.93 bits per heavy atom. The van der Waals surface area contributed by atoms with Crippen molar-refractivity contribution in [1.82, 2.24) is 20.3 Å². The highest BCUT2D eigenvalue weighted by Gasteiger charge is 2.16. The highest BCUT2D eigenvalue weighted by molar-refractivity contribution is 5.94. The molecule has 1 atom stereocenters. The third-order valence-electron chi connectivity index (χ3n) is 4.50. The molecule has 0 aliphatic heterocycles. The van der Waals surface area contributed by atoms with Gasteiger partial charge in [-0.05, 0) is 37.1 Å². The molecular formula is C21H24N4O3. The molecule has 1 heterocycles. The van der Waals surface area contributed by atoms with Crippen LogP contribution in [0.1, 0.15) is 48.7 Å². The van der Waals surface area contributed by atoms with Crippen molar-refractivity contribution in [3.05, 3.63) is 59.7 Å². The van der Waals surface area contributed by atoms with E-state index in [1.165, 1.54) is 0 Å². The van der Waals surface area contributed by atoms with E-state index in [9.17, 15) is 9.59 Å². The molecule has 0 fully saturated rings. The van der Waals surface area contributed by atoms with Crippen LogP contribution in [0.4, 0.5) is 0 Å². The summed E-state index contributed by atoms with van der Waals surface area (Å²) < 4.78 is 6.93. The van der Waals surface area contributed by atoms with Gasteiger partial charge in [-0.2, -0.15) is 0 Å². The molecule has 1 N–H and O–H groups in total. The van der Waals surface area contributed by atoms with Gasteiger partial charge in [-0.25, -0.2) is 9.48 Å². The molecule has 28 heavy (non-hydrogen) atoms. The number of fused-ring (bicyclic) bond motifs is 1. The Bertz CT molecular complexity index is 953. The van der Waals surface area contributed by atoms with Crippen molar-refractivity contribution >= 4 is 22.9 Å². The normalized spacial score (nSPS) is 11.9. The minimum absolute atomic E-state index is 0.0992. The van der Waals surface area contributed by atoms with Gasteiger partial charge in [-0.15, -0.1) is 5.10 Å². The van der Waals surface area contributed by atoms with Gasteiger partial charge in [0.15, 0.2) is 6.61 Å². The predicted octanol–water partition coefficient (Wildman–Crippen LogP) is 3.27. The second-order valence-electron chi connectivity index (χ2n) is 6.50. The molecular weight excluding hydrogens is 356 g/mol. The number of carbonyl (C=O) groups is 2. The molecule has 1 aromatic heterocycles. The third kappa shape index (κ3) is 4.54. The Kier molecular flexibility index (Phi) is 6.37. The van der Waals surface area contributed by atoms with Crippen molar-refractivity contribution in [2.24, 2.45) is 0 Å². The smallest absolute Gasteiger partial charge is 0.338 e. The summed E-state index contributed by atoms with van der Waals surface area (Å²) in [6.07, 6.45) is 1.74. The van der Waals surface area contributed by atoms with E-state index in [-0.39, 0.29) is 18.6 Å². The number of rotatable bonds is 8. The minimum Gasteiger partial charge on any atom is -0.452 e. The fraction of sp³-hybridized carbons (Fsp3) is 0.333. The fourth-order valence-corrected chi connectivity index (χ4v) is 3.08. The number of hydrogen-bond acceptors (Lipinski definition) is 5. The molecule has 1 amide bonds. The lowest BCUT2D eigenvalue weighted by atomic mass is 10.0. The maximum absolute atomic E-state index is 12.3. The van der Waals surface area contributed by atoms with Crippen LogP contribution in [-0.4, -0.2) is 33.5 Å². The standard InChI is InChI=1S/C21H24N4O3/c1-3-8-17(15-9-6-5-7-10-15)22-20(26)14-28-21(27)16-11-12-19-18(13-16)23-24-25(19)4-2/h5-7,9-13,17H,3-4,8,14H2,1-2H3,(H,22,26)/t17-/m1/s1. The molecule has 7 heteroatoms. The number of esters is 1. The van der Waals surface area contributed by atoms with Gasteiger partial charge in [0.25, 0.3) is 5.91 Å². The van der Waals surface area contributed by atoms with Crippen molar-refractivity contribution in [1.29, 1.82) is 0 Å². The van der Waals surface area contributed by atoms with E-state index in [0.29, 0.717) is 17.6 Å². The molecule has 0 saturated carbocycles. The molecule has 0 aliphatic carbocycles. The number of aryl methyl sites for hydroxylation is 1. The Hall–Kier alpha value is -3.22. The molecule has 0 saturated heterocycles. The molecule has 7 nitrogen and oxygen atoms in total. The average molecular weight is 380 g/mol. The molecule has 3 aromatic rings. The first-order chi connectivity index (χ1) is 13.6. The Labute approximate surface area is 163 Å². The molecule has 0 unspecified atom stereocenters. The van der Waals surface area contributed by atoms with Gasteiger partial charge in [-0.1, -0.05) is 48.9 Å². The molecule has 2 aromatic carbocycles. The van der Waals surface area contributed by atoms with Crippen molar-refractivity contribution in [2.75, 3.05) is 6.61 Å². The highest BCUT2D eigenvalue weighted by atomic mass is 16.5. The number of nitrogens with zero attached hydrogens (tertiary/aromatic N) is 3. The van der Waals surface area contributed by atoms with Gasteiger partial charge in [0, 0.05) is 6.54 Å². The first-order valence-electron chi connectivity index (χ1n) is 9.47. The van der Waals surface area contributed by atoms with E-state index >= 15 is 0 Å². The van der Waals surface area contributed by atoms with Crippen molar-refractivity contribution in [2.45, 2.75) is 39.3 Å². The zero-order valence-corrected chi connectivity index (χ0v) is 16.1. The summed E-state index contributed by atoms with van der Waals surface area (Å²) in [5.74, 6) is -0.886. The minimum atomic E-state index is -0.560. The number of aromatic nitrogens is 3. The number of amides is 1. The molecule has 0 radical (unpaired) electrons. The Morgan fingerprint density at radius 3 is 2.64 bits per heavy atom. The maximum Gasteiger partial charge on any atom is 0.338 e. The van der Waals surface area contributed by atoms with Gasteiger partial charge in [0.05, 0.1) is 17.1 Å².